The second-order valence-corrected chi connectivity index (χ2v) is 6.05. The molecule has 6 nitrogen and oxygen atoms in total. The first-order chi connectivity index (χ1) is 11.6. The molecule has 0 bridgehead atoms. The summed E-state index contributed by atoms with van der Waals surface area (Å²) in [5.74, 6) is 1.13. The Morgan fingerprint density at radius 2 is 2.04 bits per heavy atom. The van der Waals surface area contributed by atoms with E-state index in [1.165, 1.54) is 0 Å². The highest BCUT2D eigenvalue weighted by Crippen LogP contribution is 2.22. The predicted octanol–water partition coefficient (Wildman–Crippen LogP) is 1.54. The number of benzene rings is 1. The molecule has 24 heavy (non-hydrogen) atoms. The summed E-state index contributed by atoms with van der Waals surface area (Å²) in [5, 5.41) is 13.4. The van der Waals surface area contributed by atoms with E-state index in [9.17, 15) is 9.90 Å². The first-order valence-electron chi connectivity index (χ1n) is 7.96. The molecule has 1 aliphatic heterocycles. The maximum Gasteiger partial charge on any atom is 0.239 e. The van der Waals surface area contributed by atoms with E-state index in [0.29, 0.717) is 25.3 Å². The topological polar surface area (TPSA) is 74.7 Å². The normalized spacial score (nSPS) is 20.7. The molecule has 2 aromatic rings. The molecule has 0 radical (unpaired) electrons. The highest BCUT2D eigenvalue weighted by molar-refractivity contribution is 5.91. The van der Waals surface area contributed by atoms with Crippen LogP contribution in [0.1, 0.15) is 6.42 Å². The number of rotatable bonds is 6. The number of likely N-dealkylation sites (tertiary alicyclic amines) is 1. The number of carbonyl (C=O) groups is 1. The van der Waals surface area contributed by atoms with Crippen molar-refractivity contribution >= 4 is 11.7 Å². The van der Waals surface area contributed by atoms with Gasteiger partial charge in [0.1, 0.15) is 23.8 Å². The lowest BCUT2D eigenvalue weighted by Crippen LogP contribution is -2.41. The summed E-state index contributed by atoms with van der Waals surface area (Å²) in [5.41, 5.74) is -0.929. The van der Waals surface area contributed by atoms with Crippen LogP contribution in [-0.4, -0.2) is 52.7 Å². The molecule has 1 saturated heterocycles. The molecule has 0 saturated carbocycles. The summed E-state index contributed by atoms with van der Waals surface area (Å²) >= 11 is 0. The molecule has 0 spiro atoms. The van der Waals surface area contributed by atoms with Crippen molar-refractivity contribution in [1.82, 2.24) is 9.88 Å². The van der Waals surface area contributed by atoms with Gasteiger partial charge in [-0.1, -0.05) is 24.3 Å². The van der Waals surface area contributed by atoms with Crippen LogP contribution in [0.4, 0.5) is 5.82 Å². The number of aromatic nitrogens is 1. The lowest BCUT2D eigenvalue weighted by Gasteiger charge is -2.23. The van der Waals surface area contributed by atoms with E-state index >= 15 is 0 Å². The summed E-state index contributed by atoms with van der Waals surface area (Å²) in [7, 11) is 0. The molecular weight excluding hydrogens is 306 g/mol. The van der Waals surface area contributed by atoms with Crippen LogP contribution < -0.4 is 10.1 Å². The molecule has 6 heteroatoms. The molecule has 3 rings (SSSR count). The van der Waals surface area contributed by atoms with Gasteiger partial charge in [-0.15, -0.1) is 0 Å². The molecule has 1 aliphatic rings. The van der Waals surface area contributed by atoms with Crippen LogP contribution in [0.25, 0.3) is 0 Å². The van der Waals surface area contributed by atoms with Gasteiger partial charge in [-0.25, -0.2) is 4.98 Å². The molecule has 0 aliphatic carbocycles. The van der Waals surface area contributed by atoms with E-state index in [0.717, 1.165) is 5.75 Å². The van der Waals surface area contributed by atoms with Crippen LogP contribution in [-0.2, 0) is 4.79 Å². The first kappa shape index (κ1) is 16.4. The quantitative estimate of drug-likeness (QED) is 0.842. The Balaban J connectivity index is 1.46. The van der Waals surface area contributed by atoms with E-state index in [2.05, 4.69) is 10.3 Å². The number of ether oxygens (including phenoxy) is 1. The standard InChI is InChI=1S/C18H21N3O3/c22-17(20-16-8-4-5-10-19-16)12-21-11-9-18(23,13-21)14-24-15-6-2-1-3-7-15/h1-8,10,23H,9,11-14H2,(H,19,20,22)/t18-/m0/s1. The van der Waals surface area contributed by atoms with Crippen LogP contribution in [0, 0.1) is 0 Å². The Kier molecular flexibility index (Phi) is 5.08. The van der Waals surface area contributed by atoms with E-state index in [1.54, 1.807) is 18.3 Å². The number of carbonyl (C=O) groups excluding carboxylic acids is 1. The first-order valence-corrected chi connectivity index (χ1v) is 7.96. The molecular formula is C18H21N3O3. The second-order valence-electron chi connectivity index (χ2n) is 6.05. The maximum absolute atomic E-state index is 12.1. The van der Waals surface area contributed by atoms with Gasteiger partial charge in [0, 0.05) is 19.3 Å². The van der Waals surface area contributed by atoms with E-state index in [-0.39, 0.29) is 19.1 Å². The summed E-state index contributed by atoms with van der Waals surface area (Å²) in [6.45, 7) is 1.51. The van der Waals surface area contributed by atoms with Crippen molar-refractivity contribution in [2.45, 2.75) is 12.0 Å². The number of aliphatic hydroxyl groups is 1. The Morgan fingerprint density at radius 3 is 2.79 bits per heavy atom. The number of nitrogens with zero attached hydrogens (tertiary/aromatic N) is 2. The molecule has 0 unspecified atom stereocenters. The number of para-hydroxylation sites is 1. The Morgan fingerprint density at radius 1 is 1.25 bits per heavy atom. The third-order valence-electron chi connectivity index (χ3n) is 3.96. The van der Waals surface area contributed by atoms with Gasteiger partial charge in [0.05, 0.1) is 6.54 Å². The average Bonchev–Trinajstić information content (AvgIpc) is 2.96. The van der Waals surface area contributed by atoms with Gasteiger partial charge in [0.2, 0.25) is 5.91 Å². The van der Waals surface area contributed by atoms with Crippen molar-refractivity contribution in [3.63, 3.8) is 0 Å². The van der Waals surface area contributed by atoms with Gasteiger partial charge in [-0.05, 0) is 30.7 Å². The predicted molar refractivity (Wildman–Crippen MR) is 90.8 cm³/mol. The van der Waals surface area contributed by atoms with Crippen molar-refractivity contribution in [3.05, 3.63) is 54.7 Å². The zero-order valence-electron chi connectivity index (χ0n) is 13.4. The van der Waals surface area contributed by atoms with Crippen molar-refractivity contribution in [2.75, 3.05) is 31.6 Å². The van der Waals surface area contributed by atoms with Crippen LogP contribution in [0.3, 0.4) is 0 Å². The van der Waals surface area contributed by atoms with Gasteiger partial charge in [-0.3, -0.25) is 9.69 Å². The van der Waals surface area contributed by atoms with Crippen LogP contribution in [0.15, 0.2) is 54.7 Å². The van der Waals surface area contributed by atoms with Gasteiger partial charge < -0.3 is 15.2 Å². The molecule has 2 N–H and O–H groups in total. The van der Waals surface area contributed by atoms with Gasteiger partial charge in [-0.2, -0.15) is 0 Å². The summed E-state index contributed by atoms with van der Waals surface area (Å²) in [4.78, 5) is 18.0. The summed E-state index contributed by atoms with van der Waals surface area (Å²) in [6.07, 6.45) is 2.21. The number of hydrogen-bond acceptors (Lipinski definition) is 5. The van der Waals surface area contributed by atoms with Gasteiger partial charge >= 0.3 is 0 Å². The summed E-state index contributed by atoms with van der Waals surface area (Å²) in [6, 6.07) is 14.8. The minimum Gasteiger partial charge on any atom is -0.491 e. The molecule has 1 fully saturated rings. The van der Waals surface area contributed by atoms with Crippen molar-refractivity contribution < 1.29 is 14.6 Å². The summed E-state index contributed by atoms with van der Waals surface area (Å²) < 4.78 is 5.65. The largest absolute Gasteiger partial charge is 0.491 e. The highest BCUT2D eigenvalue weighted by Gasteiger charge is 2.37. The molecule has 1 amide bonds. The fourth-order valence-electron chi connectivity index (χ4n) is 2.75. The van der Waals surface area contributed by atoms with Gasteiger partial charge in [0.25, 0.3) is 0 Å². The Hall–Kier alpha value is -2.44. The van der Waals surface area contributed by atoms with Gasteiger partial charge in [0.15, 0.2) is 0 Å². The number of amides is 1. The lowest BCUT2D eigenvalue weighted by molar-refractivity contribution is -0.117. The third kappa shape index (κ3) is 4.53. The monoisotopic (exact) mass is 327 g/mol. The highest BCUT2D eigenvalue weighted by atomic mass is 16.5. The average molecular weight is 327 g/mol. The fraction of sp³-hybridized carbons (Fsp3) is 0.333. The number of β-amino-alcohol motifs (C(OH)–C–C–N with tert-alkyl or cyclic N) is 1. The van der Waals surface area contributed by atoms with Crippen molar-refractivity contribution in [1.29, 1.82) is 0 Å². The van der Waals surface area contributed by atoms with Crippen molar-refractivity contribution in [3.8, 4) is 5.75 Å². The number of nitrogens with one attached hydrogen (secondary N) is 1. The maximum atomic E-state index is 12.1. The molecule has 1 aromatic heterocycles. The number of anilines is 1. The zero-order chi connectivity index (χ0) is 16.8. The Bertz CT molecular complexity index is 666. The molecule has 2 heterocycles. The SMILES string of the molecule is O=C(CN1CC[C@@](O)(COc2ccccc2)C1)Nc1ccccn1. The number of pyridine rings is 1. The smallest absolute Gasteiger partial charge is 0.239 e. The van der Waals surface area contributed by atoms with E-state index in [4.69, 9.17) is 4.74 Å². The molecule has 1 atom stereocenters. The molecule has 126 valence electrons. The Labute approximate surface area is 141 Å². The second kappa shape index (κ2) is 7.42. The lowest BCUT2D eigenvalue weighted by atomic mass is 10.1. The van der Waals surface area contributed by atoms with Crippen LogP contribution >= 0.6 is 0 Å². The van der Waals surface area contributed by atoms with Crippen LogP contribution in [0.2, 0.25) is 0 Å². The van der Waals surface area contributed by atoms with E-state index < -0.39 is 5.60 Å². The fourth-order valence-corrected chi connectivity index (χ4v) is 2.75. The third-order valence-corrected chi connectivity index (χ3v) is 3.96. The van der Waals surface area contributed by atoms with Crippen molar-refractivity contribution in [2.24, 2.45) is 0 Å². The number of hydrogen-bond donors (Lipinski definition) is 2. The van der Waals surface area contributed by atoms with E-state index in [1.807, 2.05) is 41.3 Å². The zero-order valence-corrected chi connectivity index (χ0v) is 13.4. The molecule has 1 aromatic carbocycles. The minimum atomic E-state index is -0.929. The van der Waals surface area contributed by atoms with Crippen LogP contribution in [0.5, 0.6) is 5.75 Å². The minimum absolute atomic E-state index is 0.137.